The van der Waals surface area contributed by atoms with Gasteiger partial charge in [0.1, 0.15) is 5.75 Å². The third kappa shape index (κ3) is 4.25. The van der Waals surface area contributed by atoms with Crippen LogP contribution < -0.4 is 4.74 Å². The molecule has 6 nitrogen and oxygen atoms in total. The molecule has 0 aliphatic carbocycles. The zero-order valence-electron chi connectivity index (χ0n) is 16.0. The van der Waals surface area contributed by atoms with Crippen molar-refractivity contribution in [1.82, 2.24) is 15.0 Å². The lowest BCUT2D eigenvalue weighted by Gasteiger charge is -2.15. The van der Waals surface area contributed by atoms with E-state index in [2.05, 4.69) is 21.6 Å². The molecule has 2 aromatic heterocycles. The van der Waals surface area contributed by atoms with Crippen molar-refractivity contribution >= 4 is 17.2 Å². The van der Waals surface area contributed by atoms with E-state index in [-0.39, 0.29) is 17.9 Å². The fourth-order valence-electron chi connectivity index (χ4n) is 3.33. The van der Waals surface area contributed by atoms with E-state index >= 15 is 0 Å². The zero-order valence-corrected chi connectivity index (χ0v) is 16.8. The predicted octanol–water partition coefficient (Wildman–Crippen LogP) is 4.14. The van der Waals surface area contributed by atoms with Crippen LogP contribution in [0.5, 0.6) is 5.75 Å². The molecule has 0 saturated carbocycles. The third-order valence-electron chi connectivity index (χ3n) is 4.70. The summed E-state index contributed by atoms with van der Waals surface area (Å²) in [6.45, 7) is 5.35. The van der Waals surface area contributed by atoms with Crippen molar-refractivity contribution in [3.8, 4) is 17.1 Å². The second-order valence-corrected chi connectivity index (χ2v) is 8.25. The highest BCUT2D eigenvalue weighted by Crippen LogP contribution is 2.29. The van der Waals surface area contributed by atoms with Crippen LogP contribution in [-0.2, 0) is 11.2 Å². The summed E-state index contributed by atoms with van der Waals surface area (Å²) < 4.78 is 11.1. The lowest BCUT2D eigenvalue weighted by Crippen LogP contribution is -2.27. The van der Waals surface area contributed by atoms with Gasteiger partial charge in [0, 0.05) is 30.0 Å². The van der Waals surface area contributed by atoms with Gasteiger partial charge in [0.15, 0.2) is 0 Å². The van der Waals surface area contributed by atoms with Gasteiger partial charge >= 0.3 is 0 Å². The molecular formula is C21H23N3O3S. The zero-order chi connectivity index (χ0) is 19.5. The molecule has 1 saturated heterocycles. The van der Waals surface area contributed by atoms with Crippen LogP contribution in [0.15, 0.2) is 46.3 Å². The number of benzene rings is 1. The van der Waals surface area contributed by atoms with E-state index in [0.717, 1.165) is 24.3 Å². The van der Waals surface area contributed by atoms with E-state index in [1.165, 1.54) is 4.88 Å². The molecule has 1 atom stereocenters. The second kappa shape index (κ2) is 8.14. The Labute approximate surface area is 168 Å². The fraction of sp³-hybridized carbons (Fsp3) is 0.381. The van der Waals surface area contributed by atoms with Gasteiger partial charge < -0.3 is 14.2 Å². The normalized spacial score (nSPS) is 16.9. The highest BCUT2D eigenvalue weighted by Gasteiger charge is 2.34. The first-order chi connectivity index (χ1) is 13.6. The van der Waals surface area contributed by atoms with Gasteiger partial charge in [-0.25, -0.2) is 0 Å². The summed E-state index contributed by atoms with van der Waals surface area (Å²) in [6, 6.07) is 11.8. The molecule has 1 unspecified atom stereocenters. The average molecular weight is 398 g/mol. The maximum atomic E-state index is 12.3. The molecule has 0 bridgehead atoms. The lowest BCUT2D eigenvalue weighted by atomic mass is 10.1. The lowest BCUT2D eigenvalue weighted by molar-refractivity contribution is -0.127. The first-order valence-electron chi connectivity index (χ1n) is 9.49. The third-order valence-corrected chi connectivity index (χ3v) is 5.63. The molecule has 3 heterocycles. The summed E-state index contributed by atoms with van der Waals surface area (Å²) in [5.41, 5.74) is 0.866. The Balaban J connectivity index is 1.39. The van der Waals surface area contributed by atoms with Gasteiger partial charge in [-0.1, -0.05) is 11.2 Å². The molecule has 3 aromatic rings. The van der Waals surface area contributed by atoms with Crippen molar-refractivity contribution in [2.75, 3.05) is 13.1 Å². The van der Waals surface area contributed by atoms with Gasteiger partial charge in [0.05, 0.1) is 12.0 Å². The standard InChI is InChI=1S/C21H23N3O3S/c1-14(2)26-17-7-5-15(6-8-17)20-22-21(27-23-20)16-12-19(25)24(13-16)10-9-18-4-3-11-28-18/h3-8,11,14,16H,9-10,12-13H2,1-2H3. The molecule has 7 heteroatoms. The van der Waals surface area contributed by atoms with Crippen molar-refractivity contribution < 1.29 is 14.1 Å². The number of amides is 1. The minimum Gasteiger partial charge on any atom is -0.491 e. The Morgan fingerprint density at radius 3 is 2.82 bits per heavy atom. The highest BCUT2D eigenvalue weighted by molar-refractivity contribution is 7.09. The summed E-state index contributed by atoms with van der Waals surface area (Å²) in [7, 11) is 0. The maximum absolute atomic E-state index is 12.3. The molecule has 1 aliphatic heterocycles. The molecule has 0 radical (unpaired) electrons. The Morgan fingerprint density at radius 2 is 2.11 bits per heavy atom. The summed E-state index contributed by atoms with van der Waals surface area (Å²) in [4.78, 5) is 20.1. The number of ether oxygens (including phenoxy) is 1. The molecule has 0 spiro atoms. The number of thiophene rings is 1. The van der Waals surface area contributed by atoms with E-state index < -0.39 is 0 Å². The van der Waals surface area contributed by atoms with Gasteiger partial charge in [0.25, 0.3) is 0 Å². The van der Waals surface area contributed by atoms with Crippen molar-refractivity contribution in [3.63, 3.8) is 0 Å². The molecule has 0 N–H and O–H groups in total. The SMILES string of the molecule is CC(C)Oc1ccc(-c2noc(C3CC(=O)N(CCc4cccs4)C3)n2)cc1. The molecule has 1 fully saturated rings. The van der Waals surface area contributed by atoms with Crippen molar-refractivity contribution in [2.24, 2.45) is 0 Å². The van der Waals surface area contributed by atoms with Crippen LogP contribution in [0.4, 0.5) is 0 Å². The van der Waals surface area contributed by atoms with Gasteiger partial charge in [-0.3, -0.25) is 4.79 Å². The van der Waals surface area contributed by atoms with Crippen molar-refractivity contribution in [2.45, 2.75) is 38.7 Å². The van der Waals surface area contributed by atoms with Gasteiger partial charge in [0.2, 0.25) is 17.6 Å². The monoisotopic (exact) mass is 397 g/mol. The summed E-state index contributed by atoms with van der Waals surface area (Å²) >= 11 is 1.72. The van der Waals surface area contributed by atoms with Gasteiger partial charge in [-0.2, -0.15) is 4.98 Å². The number of likely N-dealkylation sites (tertiary alicyclic amines) is 1. The first-order valence-corrected chi connectivity index (χ1v) is 10.4. The van der Waals surface area contributed by atoms with Crippen LogP contribution >= 0.6 is 11.3 Å². The van der Waals surface area contributed by atoms with E-state index in [1.54, 1.807) is 11.3 Å². The molecule has 4 rings (SSSR count). The molecule has 146 valence electrons. The summed E-state index contributed by atoms with van der Waals surface area (Å²) in [5, 5.41) is 6.16. The van der Waals surface area contributed by atoms with Crippen LogP contribution in [0.1, 0.15) is 37.0 Å². The van der Waals surface area contributed by atoms with Crippen LogP contribution in [0.2, 0.25) is 0 Å². The summed E-state index contributed by atoms with van der Waals surface area (Å²) in [6.07, 6.45) is 1.44. The molecular weight excluding hydrogens is 374 g/mol. The molecule has 1 aliphatic rings. The van der Waals surface area contributed by atoms with Crippen LogP contribution in [-0.4, -0.2) is 40.1 Å². The summed E-state index contributed by atoms with van der Waals surface area (Å²) in [5.74, 6) is 1.99. The average Bonchev–Trinajstić information content (AvgIpc) is 3.41. The minimum absolute atomic E-state index is 0.0411. The van der Waals surface area contributed by atoms with E-state index in [9.17, 15) is 4.79 Å². The number of rotatable bonds is 7. The quantitative estimate of drug-likeness (QED) is 0.599. The maximum Gasteiger partial charge on any atom is 0.232 e. The molecule has 1 aromatic carbocycles. The van der Waals surface area contributed by atoms with E-state index in [0.29, 0.717) is 24.7 Å². The Kier molecular flexibility index (Phi) is 5.43. The van der Waals surface area contributed by atoms with Crippen molar-refractivity contribution in [3.05, 3.63) is 52.5 Å². The largest absolute Gasteiger partial charge is 0.491 e. The Bertz CT molecular complexity index is 919. The number of carbonyl (C=O) groups excluding carboxylic acids is 1. The van der Waals surface area contributed by atoms with Gasteiger partial charge in [-0.05, 0) is 56.0 Å². The van der Waals surface area contributed by atoms with E-state index in [4.69, 9.17) is 9.26 Å². The number of hydrogen-bond acceptors (Lipinski definition) is 6. The fourth-order valence-corrected chi connectivity index (χ4v) is 4.02. The molecule has 28 heavy (non-hydrogen) atoms. The van der Waals surface area contributed by atoms with Crippen LogP contribution in [0.25, 0.3) is 11.4 Å². The predicted molar refractivity (Wildman–Crippen MR) is 107 cm³/mol. The number of hydrogen-bond donors (Lipinski definition) is 0. The first kappa shape index (κ1) is 18.7. The Morgan fingerprint density at radius 1 is 1.29 bits per heavy atom. The molecule has 1 amide bonds. The second-order valence-electron chi connectivity index (χ2n) is 7.22. The van der Waals surface area contributed by atoms with Crippen molar-refractivity contribution in [1.29, 1.82) is 0 Å². The van der Waals surface area contributed by atoms with E-state index in [1.807, 2.05) is 49.1 Å². The highest BCUT2D eigenvalue weighted by atomic mass is 32.1. The topological polar surface area (TPSA) is 68.5 Å². The smallest absolute Gasteiger partial charge is 0.232 e. The Hall–Kier alpha value is -2.67. The van der Waals surface area contributed by atoms with Gasteiger partial charge in [-0.15, -0.1) is 11.3 Å². The number of nitrogens with zero attached hydrogens (tertiary/aromatic N) is 3. The minimum atomic E-state index is -0.0411. The van der Waals surface area contributed by atoms with Crippen LogP contribution in [0.3, 0.4) is 0 Å². The van der Waals surface area contributed by atoms with Crippen LogP contribution in [0, 0.1) is 0 Å². The number of aromatic nitrogens is 2. The number of carbonyl (C=O) groups is 1.